The Bertz CT molecular complexity index is 444. The summed E-state index contributed by atoms with van der Waals surface area (Å²) in [5.74, 6) is 4.68. The van der Waals surface area contributed by atoms with Gasteiger partial charge in [-0.25, -0.2) is 0 Å². The Morgan fingerprint density at radius 3 is 2.70 bits per heavy atom. The Hall–Kier alpha value is -0.830. The van der Waals surface area contributed by atoms with Crippen LogP contribution in [0.25, 0.3) is 0 Å². The lowest BCUT2D eigenvalue weighted by Crippen LogP contribution is -2.36. The van der Waals surface area contributed by atoms with E-state index in [2.05, 4.69) is 12.2 Å². The Morgan fingerprint density at radius 2 is 1.95 bits per heavy atom. The second kappa shape index (κ2) is 4.59. The van der Waals surface area contributed by atoms with Crippen molar-refractivity contribution < 1.29 is 14.3 Å². The summed E-state index contributed by atoms with van der Waals surface area (Å²) in [5, 5.41) is 0. The lowest BCUT2D eigenvalue weighted by Gasteiger charge is -2.35. The third-order valence-corrected chi connectivity index (χ3v) is 6.26. The standard InChI is InChI=1S/C17H24O3/c1-3-19-9(2)20-17(18)14-8-12-7-13(14)16-11-5-4-10(6-11)15(12)16/h4-5,9-16H,3,6-8H2,1-2H3. The lowest BCUT2D eigenvalue weighted by molar-refractivity contribution is -0.181. The van der Waals surface area contributed by atoms with Gasteiger partial charge in [0.15, 0.2) is 6.29 Å². The molecule has 0 N–H and O–H groups in total. The van der Waals surface area contributed by atoms with E-state index in [0.717, 1.165) is 36.0 Å². The molecule has 110 valence electrons. The number of carbonyl (C=O) groups excluding carboxylic acids is 1. The van der Waals surface area contributed by atoms with Crippen molar-refractivity contribution in [3.8, 4) is 0 Å². The number of rotatable bonds is 4. The normalized spacial score (nSPS) is 48.6. The number of hydrogen-bond donors (Lipinski definition) is 0. The molecule has 0 aromatic heterocycles. The quantitative estimate of drug-likeness (QED) is 0.343. The number of allylic oxidation sites excluding steroid dienone is 2. The summed E-state index contributed by atoms with van der Waals surface area (Å²) in [6.07, 6.45) is 8.11. The summed E-state index contributed by atoms with van der Waals surface area (Å²) in [4.78, 5) is 12.4. The highest BCUT2D eigenvalue weighted by Gasteiger charge is 2.62. The Kier molecular flexibility index (Phi) is 2.95. The Balaban J connectivity index is 1.45. The van der Waals surface area contributed by atoms with Crippen molar-refractivity contribution in [3.63, 3.8) is 0 Å². The fourth-order valence-electron chi connectivity index (χ4n) is 5.81. The molecular weight excluding hydrogens is 252 g/mol. The molecule has 20 heavy (non-hydrogen) atoms. The van der Waals surface area contributed by atoms with Crippen molar-refractivity contribution in [2.24, 2.45) is 41.4 Å². The molecule has 4 aliphatic carbocycles. The molecular formula is C17H24O3. The van der Waals surface area contributed by atoms with Crippen molar-refractivity contribution in [2.45, 2.75) is 39.4 Å². The molecule has 0 aromatic rings. The van der Waals surface area contributed by atoms with Gasteiger partial charge in [-0.2, -0.15) is 0 Å². The molecule has 4 bridgehead atoms. The van der Waals surface area contributed by atoms with Gasteiger partial charge < -0.3 is 9.47 Å². The molecule has 3 saturated carbocycles. The molecule has 3 heteroatoms. The second-order valence-corrected chi connectivity index (χ2v) is 7.06. The second-order valence-electron chi connectivity index (χ2n) is 7.06. The Labute approximate surface area is 120 Å². The fraction of sp³-hybridized carbons (Fsp3) is 0.824. The highest BCUT2D eigenvalue weighted by molar-refractivity contribution is 5.73. The summed E-state index contributed by atoms with van der Waals surface area (Å²) in [6, 6.07) is 0. The van der Waals surface area contributed by atoms with Crippen LogP contribution in [0.15, 0.2) is 12.2 Å². The summed E-state index contributed by atoms with van der Waals surface area (Å²) in [5.41, 5.74) is 0. The maximum Gasteiger partial charge on any atom is 0.311 e. The van der Waals surface area contributed by atoms with E-state index in [4.69, 9.17) is 9.47 Å². The predicted molar refractivity (Wildman–Crippen MR) is 74.6 cm³/mol. The number of esters is 1. The first-order valence-corrected chi connectivity index (χ1v) is 8.19. The van der Waals surface area contributed by atoms with Crippen molar-refractivity contribution in [1.82, 2.24) is 0 Å². The average molecular weight is 276 g/mol. The van der Waals surface area contributed by atoms with E-state index < -0.39 is 6.29 Å². The molecule has 3 nitrogen and oxygen atoms in total. The Morgan fingerprint density at radius 1 is 1.20 bits per heavy atom. The SMILES string of the molecule is CCOC(C)OC(=O)C1CC2CC1C1C3C=CC(C3)C21. The van der Waals surface area contributed by atoms with Gasteiger partial charge >= 0.3 is 5.97 Å². The first kappa shape index (κ1) is 12.9. The smallest absolute Gasteiger partial charge is 0.311 e. The number of fused-ring (bicyclic) bond motifs is 9. The molecule has 0 spiro atoms. The third-order valence-electron chi connectivity index (χ3n) is 6.26. The van der Waals surface area contributed by atoms with E-state index in [1.807, 2.05) is 13.8 Å². The molecule has 8 unspecified atom stereocenters. The van der Waals surface area contributed by atoms with Crippen LogP contribution >= 0.6 is 0 Å². The zero-order valence-electron chi connectivity index (χ0n) is 12.3. The number of ether oxygens (including phenoxy) is 2. The van der Waals surface area contributed by atoms with Crippen LogP contribution in [-0.2, 0) is 14.3 Å². The van der Waals surface area contributed by atoms with Gasteiger partial charge in [-0.15, -0.1) is 0 Å². The zero-order chi connectivity index (χ0) is 13.9. The van der Waals surface area contributed by atoms with Gasteiger partial charge in [-0.05, 0) is 68.6 Å². The minimum Gasteiger partial charge on any atom is -0.436 e. The molecule has 0 aromatic carbocycles. The minimum absolute atomic E-state index is 0.0105. The van der Waals surface area contributed by atoms with Gasteiger partial charge in [-0.3, -0.25) is 4.79 Å². The fourth-order valence-corrected chi connectivity index (χ4v) is 5.81. The summed E-state index contributed by atoms with van der Waals surface area (Å²) >= 11 is 0. The van der Waals surface area contributed by atoms with Crippen molar-refractivity contribution >= 4 is 5.97 Å². The molecule has 0 saturated heterocycles. The zero-order valence-corrected chi connectivity index (χ0v) is 12.3. The monoisotopic (exact) mass is 276 g/mol. The van der Waals surface area contributed by atoms with Gasteiger partial charge in [0.2, 0.25) is 0 Å². The van der Waals surface area contributed by atoms with Crippen molar-refractivity contribution in [1.29, 1.82) is 0 Å². The van der Waals surface area contributed by atoms with Crippen LogP contribution in [0.3, 0.4) is 0 Å². The molecule has 4 rings (SSSR count). The highest BCUT2D eigenvalue weighted by Crippen LogP contribution is 2.67. The molecule has 0 radical (unpaired) electrons. The molecule has 8 atom stereocenters. The number of hydrogen-bond acceptors (Lipinski definition) is 3. The van der Waals surface area contributed by atoms with Crippen LogP contribution in [-0.4, -0.2) is 18.9 Å². The van der Waals surface area contributed by atoms with Crippen LogP contribution in [0.1, 0.15) is 33.1 Å². The van der Waals surface area contributed by atoms with E-state index in [0.29, 0.717) is 12.5 Å². The van der Waals surface area contributed by atoms with Crippen LogP contribution in [0, 0.1) is 41.4 Å². The summed E-state index contributed by atoms with van der Waals surface area (Å²) in [7, 11) is 0. The van der Waals surface area contributed by atoms with Gasteiger partial charge in [0.05, 0.1) is 5.92 Å². The van der Waals surface area contributed by atoms with E-state index in [1.54, 1.807) is 0 Å². The molecule has 4 aliphatic rings. The summed E-state index contributed by atoms with van der Waals surface area (Å²) < 4.78 is 10.8. The largest absolute Gasteiger partial charge is 0.436 e. The first-order chi connectivity index (χ1) is 9.69. The lowest BCUT2D eigenvalue weighted by atomic mass is 9.69. The van der Waals surface area contributed by atoms with Gasteiger partial charge in [0.1, 0.15) is 0 Å². The van der Waals surface area contributed by atoms with E-state index in [9.17, 15) is 4.79 Å². The van der Waals surface area contributed by atoms with Crippen molar-refractivity contribution in [2.75, 3.05) is 6.61 Å². The van der Waals surface area contributed by atoms with Gasteiger partial charge in [-0.1, -0.05) is 12.2 Å². The average Bonchev–Trinajstić information content (AvgIpc) is 3.17. The van der Waals surface area contributed by atoms with E-state index >= 15 is 0 Å². The topological polar surface area (TPSA) is 35.5 Å². The molecule has 0 aliphatic heterocycles. The molecule has 0 heterocycles. The van der Waals surface area contributed by atoms with Gasteiger partial charge in [0, 0.05) is 6.61 Å². The minimum atomic E-state index is -0.401. The number of carbonyl (C=O) groups is 1. The maximum atomic E-state index is 12.4. The van der Waals surface area contributed by atoms with E-state index in [1.165, 1.54) is 12.8 Å². The van der Waals surface area contributed by atoms with Gasteiger partial charge in [0.25, 0.3) is 0 Å². The third kappa shape index (κ3) is 1.71. The first-order valence-electron chi connectivity index (χ1n) is 8.19. The highest BCUT2D eigenvalue weighted by atomic mass is 16.7. The molecule has 0 amide bonds. The van der Waals surface area contributed by atoms with Crippen LogP contribution in [0.5, 0.6) is 0 Å². The van der Waals surface area contributed by atoms with E-state index in [-0.39, 0.29) is 11.9 Å². The predicted octanol–water partition coefficient (Wildman–Crippen LogP) is 3.01. The van der Waals surface area contributed by atoms with Crippen LogP contribution < -0.4 is 0 Å². The summed E-state index contributed by atoms with van der Waals surface area (Å²) in [6.45, 7) is 4.33. The van der Waals surface area contributed by atoms with Crippen LogP contribution in [0.2, 0.25) is 0 Å². The molecule has 3 fully saturated rings. The maximum absolute atomic E-state index is 12.4. The van der Waals surface area contributed by atoms with Crippen LogP contribution in [0.4, 0.5) is 0 Å². The van der Waals surface area contributed by atoms with Crippen molar-refractivity contribution in [3.05, 3.63) is 12.2 Å².